The third kappa shape index (κ3) is 1.78. The first-order valence-corrected chi connectivity index (χ1v) is 4.77. The summed E-state index contributed by atoms with van der Waals surface area (Å²) in [5.41, 5.74) is 0.519. The van der Waals surface area contributed by atoms with Crippen LogP contribution in [0.25, 0.3) is 5.65 Å². The second kappa shape index (κ2) is 3.86. The molecule has 0 saturated heterocycles. The average Bonchev–Trinajstić information content (AvgIpc) is 2.60. The van der Waals surface area contributed by atoms with Crippen LogP contribution in [0.15, 0.2) is 18.5 Å². The van der Waals surface area contributed by atoms with Crippen LogP contribution < -0.4 is 0 Å². The third-order valence-corrected chi connectivity index (χ3v) is 2.03. The van der Waals surface area contributed by atoms with Gasteiger partial charge in [-0.3, -0.25) is 4.40 Å². The van der Waals surface area contributed by atoms with Gasteiger partial charge in [-0.05, 0) is 13.0 Å². The lowest BCUT2D eigenvalue weighted by molar-refractivity contribution is 0.0511. The highest BCUT2D eigenvalue weighted by Gasteiger charge is 2.14. The van der Waals surface area contributed by atoms with E-state index in [-0.39, 0.29) is 5.82 Å². The zero-order chi connectivity index (χ0) is 10.8. The van der Waals surface area contributed by atoms with Crippen molar-refractivity contribution in [3.8, 4) is 0 Å². The molecule has 6 heteroatoms. The fourth-order valence-electron chi connectivity index (χ4n) is 1.21. The summed E-state index contributed by atoms with van der Waals surface area (Å²) >= 11 is 5.70. The molecule has 2 rings (SSSR count). The largest absolute Gasteiger partial charge is 0.460 e. The molecule has 2 aromatic heterocycles. The predicted octanol–water partition coefficient (Wildman–Crippen LogP) is 1.56. The molecule has 0 N–H and O–H groups in total. The molecule has 2 aromatic rings. The number of aromatic nitrogens is 3. The second-order valence-electron chi connectivity index (χ2n) is 2.78. The summed E-state index contributed by atoms with van der Waals surface area (Å²) in [4.78, 5) is 19.4. The Kier molecular flexibility index (Phi) is 2.55. The van der Waals surface area contributed by atoms with Gasteiger partial charge in [-0.1, -0.05) is 11.6 Å². The molecular formula is C9H8ClN3O2. The maximum atomic E-state index is 11.4. The fraction of sp³-hybridized carbons (Fsp3) is 0.222. The molecule has 5 nitrogen and oxygen atoms in total. The Bertz CT molecular complexity index is 509. The summed E-state index contributed by atoms with van der Waals surface area (Å²) in [6.45, 7) is 2.05. The van der Waals surface area contributed by atoms with Crippen molar-refractivity contribution in [3.05, 3.63) is 29.4 Å². The van der Waals surface area contributed by atoms with Gasteiger partial charge in [-0.25, -0.2) is 14.8 Å². The van der Waals surface area contributed by atoms with Crippen molar-refractivity contribution in [1.29, 1.82) is 0 Å². The molecule has 0 radical (unpaired) electrons. The maximum absolute atomic E-state index is 11.4. The average molecular weight is 226 g/mol. The lowest BCUT2D eigenvalue weighted by Crippen LogP contribution is -2.09. The minimum Gasteiger partial charge on any atom is -0.460 e. The number of hydrogen-bond donors (Lipinski definition) is 0. The molecule has 0 aliphatic rings. The summed E-state index contributed by atoms with van der Waals surface area (Å²) in [5.74, 6) is -0.266. The lowest BCUT2D eigenvalue weighted by Gasteiger charge is -2.00. The van der Waals surface area contributed by atoms with E-state index in [2.05, 4.69) is 9.97 Å². The first-order chi connectivity index (χ1) is 7.22. The summed E-state index contributed by atoms with van der Waals surface area (Å²) in [7, 11) is 0. The van der Waals surface area contributed by atoms with Gasteiger partial charge in [0.2, 0.25) is 5.82 Å². The van der Waals surface area contributed by atoms with Crippen molar-refractivity contribution in [2.75, 3.05) is 6.61 Å². The van der Waals surface area contributed by atoms with Crippen molar-refractivity contribution in [2.24, 2.45) is 0 Å². The van der Waals surface area contributed by atoms with Gasteiger partial charge in [0.1, 0.15) is 5.15 Å². The zero-order valence-corrected chi connectivity index (χ0v) is 8.73. The van der Waals surface area contributed by atoms with Gasteiger partial charge in [0, 0.05) is 6.20 Å². The molecule has 78 valence electrons. The summed E-state index contributed by atoms with van der Waals surface area (Å²) in [5, 5.41) is 0.359. The van der Waals surface area contributed by atoms with E-state index in [9.17, 15) is 4.79 Å². The number of halogens is 1. The highest BCUT2D eigenvalue weighted by molar-refractivity contribution is 6.29. The monoisotopic (exact) mass is 225 g/mol. The predicted molar refractivity (Wildman–Crippen MR) is 54.0 cm³/mol. The molecule has 0 spiro atoms. The summed E-state index contributed by atoms with van der Waals surface area (Å²) in [6, 6.07) is 1.58. The number of ether oxygens (including phenoxy) is 1. The van der Waals surface area contributed by atoms with E-state index in [4.69, 9.17) is 16.3 Å². The van der Waals surface area contributed by atoms with Crippen LogP contribution in [0.5, 0.6) is 0 Å². The van der Waals surface area contributed by atoms with Gasteiger partial charge in [0.05, 0.1) is 12.8 Å². The van der Waals surface area contributed by atoms with Gasteiger partial charge in [0.15, 0.2) is 5.65 Å². The van der Waals surface area contributed by atoms with Crippen LogP contribution in [-0.4, -0.2) is 26.9 Å². The topological polar surface area (TPSA) is 56.5 Å². The number of imidazole rings is 1. The van der Waals surface area contributed by atoms with Gasteiger partial charge in [0.25, 0.3) is 0 Å². The normalized spacial score (nSPS) is 10.5. The first-order valence-electron chi connectivity index (χ1n) is 4.39. The molecule has 0 aliphatic carbocycles. The Labute approximate surface area is 90.7 Å². The molecule has 0 unspecified atom stereocenters. The Morgan fingerprint density at radius 1 is 1.67 bits per heavy atom. The van der Waals surface area contributed by atoms with Gasteiger partial charge in [-0.15, -0.1) is 0 Å². The molecule has 0 amide bonds. The summed E-state index contributed by atoms with van der Waals surface area (Å²) in [6.07, 6.45) is 3.10. The van der Waals surface area contributed by atoms with Gasteiger partial charge in [-0.2, -0.15) is 0 Å². The quantitative estimate of drug-likeness (QED) is 0.575. The van der Waals surface area contributed by atoms with Crippen LogP contribution in [0.2, 0.25) is 5.15 Å². The Balaban J connectivity index is 2.49. The maximum Gasteiger partial charge on any atom is 0.374 e. The van der Waals surface area contributed by atoms with Crippen LogP contribution in [0, 0.1) is 0 Å². The Morgan fingerprint density at radius 2 is 2.47 bits per heavy atom. The number of carbonyl (C=O) groups is 1. The summed E-state index contributed by atoms with van der Waals surface area (Å²) < 4.78 is 6.37. The van der Waals surface area contributed by atoms with E-state index in [1.54, 1.807) is 19.2 Å². The van der Waals surface area contributed by atoms with Crippen LogP contribution in [0.3, 0.4) is 0 Å². The number of nitrogens with zero attached hydrogens (tertiary/aromatic N) is 3. The van der Waals surface area contributed by atoms with Crippen molar-refractivity contribution >= 4 is 23.2 Å². The van der Waals surface area contributed by atoms with Crippen molar-refractivity contribution in [3.63, 3.8) is 0 Å². The second-order valence-corrected chi connectivity index (χ2v) is 3.17. The van der Waals surface area contributed by atoms with Crippen LogP contribution in [-0.2, 0) is 4.74 Å². The van der Waals surface area contributed by atoms with E-state index < -0.39 is 5.97 Å². The number of carbonyl (C=O) groups excluding carboxylic acids is 1. The number of hydrogen-bond acceptors (Lipinski definition) is 4. The third-order valence-electron chi connectivity index (χ3n) is 1.82. The highest BCUT2D eigenvalue weighted by Crippen LogP contribution is 2.09. The molecule has 0 saturated carbocycles. The molecule has 15 heavy (non-hydrogen) atoms. The Morgan fingerprint density at radius 3 is 3.20 bits per heavy atom. The molecular weight excluding hydrogens is 218 g/mol. The SMILES string of the molecule is CCOC(=O)c1ncc2nc(Cl)ccn12. The minimum atomic E-state index is -0.471. The van der Waals surface area contributed by atoms with E-state index in [0.29, 0.717) is 17.4 Å². The van der Waals surface area contributed by atoms with E-state index in [1.807, 2.05) is 0 Å². The van der Waals surface area contributed by atoms with E-state index in [0.717, 1.165) is 0 Å². The number of fused-ring (bicyclic) bond motifs is 1. The number of rotatable bonds is 2. The van der Waals surface area contributed by atoms with Crippen molar-refractivity contribution in [2.45, 2.75) is 6.92 Å². The number of esters is 1. The molecule has 2 heterocycles. The molecule has 0 fully saturated rings. The van der Waals surface area contributed by atoms with Crippen molar-refractivity contribution < 1.29 is 9.53 Å². The van der Waals surface area contributed by atoms with Crippen LogP contribution >= 0.6 is 11.6 Å². The Hall–Kier alpha value is -1.62. The first kappa shape index (κ1) is 9.92. The van der Waals surface area contributed by atoms with Gasteiger partial charge >= 0.3 is 5.97 Å². The van der Waals surface area contributed by atoms with Crippen LogP contribution in [0.4, 0.5) is 0 Å². The molecule has 0 aliphatic heterocycles. The minimum absolute atomic E-state index is 0.205. The standard InChI is InChI=1S/C9H8ClN3O2/c1-2-15-9(14)8-11-5-7-12-6(10)3-4-13(7)8/h3-5H,2H2,1H3. The van der Waals surface area contributed by atoms with E-state index >= 15 is 0 Å². The smallest absolute Gasteiger partial charge is 0.374 e. The van der Waals surface area contributed by atoms with Gasteiger partial charge < -0.3 is 4.74 Å². The molecule has 0 atom stereocenters. The highest BCUT2D eigenvalue weighted by atomic mass is 35.5. The molecule has 0 aromatic carbocycles. The lowest BCUT2D eigenvalue weighted by atomic mass is 10.5. The fourth-order valence-corrected chi connectivity index (χ4v) is 1.35. The molecule has 0 bridgehead atoms. The van der Waals surface area contributed by atoms with E-state index in [1.165, 1.54) is 10.6 Å². The van der Waals surface area contributed by atoms with Crippen LogP contribution in [0.1, 0.15) is 17.5 Å². The zero-order valence-electron chi connectivity index (χ0n) is 7.98. The van der Waals surface area contributed by atoms with Crippen molar-refractivity contribution in [1.82, 2.24) is 14.4 Å².